The number of hydrogen-bond acceptors (Lipinski definition) is 4. The molecule has 0 aromatic rings. The molecular weight excluding hydrogens is 274 g/mol. The zero-order valence-electron chi connectivity index (χ0n) is 12.8. The second kappa shape index (κ2) is 8.95. The molecule has 3 atom stereocenters. The molecule has 0 spiro atoms. The Hall–Kier alpha value is -2.10. The van der Waals surface area contributed by atoms with Crippen molar-refractivity contribution in [2.45, 2.75) is 52.6 Å². The molecule has 2 amide bonds. The summed E-state index contributed by atoms with van der Waals surface area (Å²) in [6, 6.07) is 0.0136. The van der Waals surface area contributed by atoms with Gasteiger partial charge in [-0.05, 0) is 25.7 Å². The van der Waals surface area contributed by atoms with Crippen LogP contribution in [0.2, 0.25) is 0 Å². The standard InChI is InChI=1S/C14H23N3O4/c1-8(2)5-11(16-10(4)18)13(19)17-12(14(20)21)6-9(3)7-15/h8-9,11-12H,5-6H2,1-4H3,(H,16,18)(H,17,19)(H,20,21)/t9-,11-,12+/m0/s1. The summed E-state index contributed by atoms with van der Waals surface area (Å²) in [5, 5.41) is 22.7. The van der Waals surface area contributed by atoms with E-state index in [0.717, 1.165) is 0 Å². The van der Waals surface area contributed by atoms with Gasteiger partial charge in [-0.1, -0.05) is 13.8 Å². The highest BCUT2D eigenvalue weighted by molar-refractivity contribution is 5.89. The topological polar surface area (TPSA) is 119 Å². The number of amides is 2. The Morgan fingerprint density at radius 2 is 1.67 bits per heavy atom. The van der Waals surface area contributed by atoms with Crippen LogP contribution >= 0.6 is 0 Å². The molecule has 0 aromatic carbocycles. The van der Waals surface area contributed by atoms with Crippen LogP contribution in [0.3, 0.4) is 0 Å². The maximum atomic E-state index is 12.1. The molecule has 0 rings (SSSR count). The maximum Gasteiger partial charge on any atom is 0.326 e. The lowest BCUT2D eigenvalue weighted by molar-refractivity contribution is -0.142. The van der Waals surface area contributed by atoms with Crippen LogP contribution in [0.15, 0.2) is 0 Å². The predicted molar refractivity (Wildman–Crippen MR) is 76.0 cm³/mol. The van der Waals surface area contributed by atoms with Gasteiger partial charge in [-0.3, -0.25) is 9.59 Å². The van der Waals surface area contributed by atoms with Gasteiger partial charge in [-0.25, -0.2) is 4.79 Å². The third-order valence-corrected chi connectivity index (χ3v) is 2.83. The molecule has 7 heteroatoms. The number of nitrogens with one attached hydrogen (secondary N) is 2. The molecule has 0 aromatic heterocycles. The molecule has 0 saturated heterocycles. The number of nitrogens with zero attached hydrogens (tertiary/aromatic N) is 1. The third-order valence-electron chi connectivity index (χ3n) is 2.83. The Morgan fingerprint density at radius 3 is 2.05 bits per heavy atom. The number of hydrogen-bond donors (Lipinski definition) is 3. The summed E-state index contributed by atoms with van der Waals surface area (Å²) >= 11 is 0. The number of carboxylic acids is 1. The van der Waals surface area contributed by atoms with Gasteiger partial charge in [0, 0.05) is 12.8 Å². The highest BCUT2D eigenvalue weighted by atomic mass is 16.4. The lowest BCUT2D eigenvalue weighted by Crippen LogP contribution is -2.52. The highest BCUT2D eigenvalue weighted by Gasteiger charge is 2.27. The monoisotopic (exact) mass is 297 g/mol. The van der Waals surface area contributed by atoms with Crippen molar-refractivity contribution < 1.29 is 19.5 Å². The molecule has 0 bridgehead atoms. The molecule has 0 saturated carbocycles. The second-order valence-corrected chi connectivity index (χ2v) is 5.55. The minimum atomic E-state index is -1.20. The van der Waals surface area contributed by atoms with Crippen LogP contribution in [-0.2, 0) is 14.4 Å². The molecule has 0 fully saturated rings. The first-order chi connectivity index (χ1) is 9.67. The smallest absolute Gasteiger partial charge is 0.326 e. The first-order valence-corrected chi connectivity index (χ1v) is 6.87. The van der Waals surface area contributed by atoms with Gasteiger partial charge < -0.3 is 15.7 Å². The lowest BCUT2D eigenvalue weighted by Gasteiger charge is -2.22. The fourth-order valence-electron chi connectivity index (χ4n) is 1.85. The van der Waals surface area contributed by atoms with Crippen molar-refractivity contribution in [3.05, 3.63) is 0 Å². The quantitative estimate of drug-likeness (QED) is 0.608. The van der Waals surface area contributed by atoms with Crippen molar-refractivity contribution in [1.29, 1.82) is 5.26 Å². The average Bonchev–Trinajstić information content (AvgIpc) is 2.35. The van der Waals surface area contributed by atoms with Crippen LogP contribution in [0.5, 0.6) is 0 Å². The molecule has 0 heterocycles. The summed E-state index contributed by atoms with van der Waals surface area (Å²) in [4.78, 5) is 34.4. The zero-order valence-corrected chi connectivity index (χ0v) is 12.8. The molecule has 21 heavy (non-hydrogen) atoms. The zero-order chi connectivity index (χ0) is 16.6. The third kappa shape index (κ3) is 7.92. The lowest BCUT2D eigenvalue weighted by atomic mass is 10.0. The van der Waals surface area contributed by atoms with E-state index in [9.17, 15) is 14.4 Å². The number of rotatable bonds is 8. The minimum absolute atomic E-state index is 0.0199. The fourth-order valence-corrected chi connectivity index (χ4v) is 1.85. The van der Waals surface area contributed by atoms with E-state index >= 15 is 0 Å². The van der Waals surface area contributed by atoms with Crippen molar-refractivity contribution in [3.63, 3.8) is 0 Å². The molecule has 0 unspecified atom stereocenters. The van der Waals surface area contributed by atoms with E-state index in [1.165, 1.54) is 6.92 Å². The molecule has 0 aliphatic carbocycles. The van der Waals surface area contributed by atoms with Gasteiger partial charge in [0.25, 0.3) is 0 Å². The van der Waals surface area contributed by atoms with Crippen LogP contribution in [0.1, 0.15) is 40.5 Å². The van der Waals surface area contributed by atoms with Crippen LogP contribution in [0.25, 0.3) is 0 Å². The van der Waals surface area contributed by atoms with Crippen LogP contribution in [0.4, 0.5) is 0 Å². The summed E-state index contributed by atoms with van der Waals surface area (Å²) < 4.78 is 0. The largest absolute Gasteiger partial charge is 0.480 e. The fraction of sp³-hybridized carbons (Fsp3) is 0.714. The van der Waals surface area contributed by atoms with E-state index in [1.807, 2.05) is 19.9 Å². The van der Waals surface area contributed by atoms with Crippen molar-refractivity contribution in [3.8, 4) is 6.07 Å². The highest BCUT2D eigenvalue weighted by Crippen LogP contribution is 2.08. The second-order valence-electron chi connectivity index (χ2n) is 5.55. The van der Waals surface area contributed by atoms with Gasteiger partial charge in [-0.15, -0.1) is 0 Å². The van der Waals surface area contributed by atoms with Crippen LogP contribution in [0, 0.1) is 23.2 Å². The van der Waals surface area contributed by atoms with Gasteiger partial charge in [-0.2, -0.15) is 5.26 Å². The van der Waals surface area contributed by atoms with E-state index < -0.39 is 29.9 Å². The maximum absolute atomic E-state index is 12.1. The molecule has 3 N–H and O–H groups in total. The Labute approximate surface area is 124 Å². The van der Waals surface area contributed by atoms with Gasteiger partial charge in [0.1, 0.15) is 12.1 Å². The summed E-state index contributed by atoms with van der Waals surface area (Å²) in [6.07, 6.45) is 0.428. The SMILES string of the molecule is CC(=O)N[C@@H](CC(C)C)C(=O)N[C@H](C[C@H](C)C#N)C(=O)O. The summed E-state index contributed by atoms with van der Waals surface area (Å²) in [5.41, 5.74) is 0. The molecular formula is C14H23N3O4. The van der Waals surface area contributed by atoms with Crippen LogP contribution < -0.4 is 10.6 Å². The van der Waals surface area contributed by atoms with Gasteiger partial charge in [0.2, 0.25) is 11.8 Å². The van der Waals surface area contributed by atoms with E-state index in [1.54, 1.807) is 6.92 Å². The average molecular weight is 297 g/mol. The Kier molecular flexibility index (Phi) is 8.06. The summed E-state index contributed by atoms with van der Waals surface area (Å²) in [5.74, 6) is -2.43. The number of aliphatic carboxylic acids is 1. The van der Waals surface area contributed by atoms with E-state index in [2.05, 4.69) is 10.6 Å². The first-order valence-electron chi connectivity index (χ1n) is 6.87. The van der Waals surface area contributed by atoms with Gasteiger partial charge in [0.15, 0.2) is 0 Å². The number of nitriles is 1. The molecule has 0 radical (unpaired) electrons. The number of carboxylic acid groups (broad SMARTS) is 1. The Balaban J connectivity index is 4.86. The minimum Gasteiger partial charge on any atom is -0.480 e. The van der Waals surface area contributed by atoms with E-state index in [0.29, 0.717) is 6.42 Å². The Morgan fingerprint density at radius 1 is 1.10 bits per heavy atom. The van der Waals surface area contributed by atoms with Crippen molar-refractivity contribution in [2.24, 2.45) is 11.8 Å². The molecule has 7 nitrogen and oxygen atoms in total. The van der Waals surface area contributed by atoms with E-state index in [-0.39, 0.29) is 18.2 Å². The molecule has 0 aliphatic heterocycles. The van der Waals surface area contributed by atoms with E-state index in [4.69, 9.17) is 10.4 Å². The first kappa shape index (κ1) is 18.9. The summed E-state index contributed by atoms with van der Waals surface area (Å²) in [7, 11) is 0. The van der Waals surface area contributed by atoms with Crippen molar-refractivity contribution in [1.82, 2.24) is 10.6 Å². The molecule has 0 aliphatic rings. The number of carbonyl (C=O) groups is 3. The number of carbonyl (C=O) groups excluding carboxylic acids is 2. The van der Waals surface area contributed by atoms with Gasteiger partial charge in [0.05, 0.1) is 6.07 Å². The van der Waals surface area contributed by atoms with Crippen molar-refractivity contribution >= 4 is 17.8 Å². The normalized spacial score (nSPS) is 14.7. The van der Waals surface area contributed by atoms with Crippen LogP contribution in [-0.4, -0.2) is 35.0 Å². The van der Waals surface area contributed by atoms with Crippen molar-refractivity contribution in [2.75, 3.05) is 0 Å². The summed E-state index contributed by atoms with van der Waals surface area (Å²) in [6.45, 7) is 6.68. The Bertz CT molecular complexity index is 428. The van der Waals surface area contributed by atoms with Gasteiger partial charge >= 0.3 is 5.97 Å². The molecule has 118 valence electrons. The predicted octanol–water partition coefficient (Wildman–Crippen LogP) is 0.656.